The maximum atomic E-state index is 10.4. The van der Waals surface area contributed by atoms with Crippen LogP contribution < -0.4 is 0 Å². The summed E-state index contributed by atoms with van der Waals surface area (Å²) in [5.41, 5.74) is 0. The molecule has 0 aliphatic rings. The van der Waals surface area contributed by atoms with Gasteiger partial charge < -0.3 is 5.11 Å². The molecule has 156 valence electrons. The third-order valence-electron chi connectivity index (χ3n) is 5.10. The van der Waals surface area contributed by atoms with Gasteiger partial charge in [0.05, 0.1) is 0 Å². The number of aliphatic carboxylic acids is 1. The molecule has 0 amide bonds. The van der Waals surface area contributed by atoms with Crippen molar-refractivity contribution in [3.8, 4) is 0 Å². The van der Waals surface area contributed by atoms with Crippen molar-refractivity contribution in [3.05, 3.63) is 0 Å². The molecule has 0 fully saturated rings. The van der Waals surface area contributed by atoms with Crippen LogP contribution in [-0.2, 0) is 4.79 Å². The fraction of sp³-hybridized carbons (Fsp3) is 0.955. The van der Waals surface area contributed by atoms with Gasteiger partial charge in [-0.15, -0.1) is 0 Å². The summed E-state index contributed by atoms with van der Waals surface area (Å²) >= 11 is 7.75. The van der Waals surface area contributed by atoms with Crippen LogP contribution in [0.4, 0.5) is 0 Å². The van der Waals surface area contributed by atoms with E-state index < -0.39 is 5.97 Å². The summed E-state index contributed by atoms with van der Waals surface area (Å²) in [7, 11) is 0. The predicted molar refractivity (Wildman–Crippen MR) is 122 cm³/mol. The number of unbranched alkanes of at least 4 members (excludes halogenated alkanes) is 13. The van der Waals surface area contributed by atoms with Gasteiger partial charge in [0, 0.05) is 16.1 Å². The highest BCUT2D eigenvalue weighted by Crippen LogP contribution is 2.25. The van der Waals surface area contributed by atoms with Gasteiger partial charge in [-0.1, -0.05) is 129 Å². The summed E-state index contributed by atoms with van der Waals surface area (Å²) < 4.78 is 0. The van der Waals surface area contributed by atoms with Gasteiger partial charge in [0.2, 0.25) is 0 Å². The predicted octanol–water partition coefficient (Wildman–Crippen LogP) is 8.64. The van der Waals surface area contributed by atoms with Crippen LogP contribution in [0.2, 0.25) is 0 Å². The van der Waals surface area contributed by atoms with Crippen molar-refractivity contribution in [2.75, 3.05) is 0 Å². The zero-order valence-corrected chi connectivity index (χ0v) is 20.2. The number of rotatable bonds is 20. The summed E-state index contributed by atoms with van der Waals surface area (Å²) in [6, 6.07) is 0. The second kappa shape index (κ2) is 20.2. The maximum Gasteiger partial charge on any atom is 0.303 e. The molecule has 1 N–H and O–H groups in total. The van der Waals surface area contributed by atoms with Crippen molar-refractivity contribution in [3.63, 3.8) is 0 Å². The summed E-state index contributed by atoms with van der Waals surface area (Å²) in [5.74, 6) is -0.659. The molecule has 4 heteroatoms. The first kappa shape index (κ1) is 26.4. The molecule has 0 heterocycles. The summed E-state index contributed by atoms with van der Waals surface area (Å²) in [6.07, 6.45) is 22.2. The Morgan fingerprint density at radius 2 is 1.00 bits per heavy atom. The number of carbonyl (C=O) groups is 1. The van der Waals surface area contributed by atoms with Gasteiger partial charge in [0.1, 0.15) is 0 Å². The van der Waals surface area contributed by atoms with Crippen LogP contribution in [0.5, 0.6) is 0 Å². The van der Waals surface area contributed by atoms with Crippen LogP contribution in [0.15, 0.2) is 0 Å². The standard InChI is InChI=1S/C22H42Br2O2/c1-2-3-4-5-11-14-17-20(23)21(24)18-15-12-9-7-6-8-10-13-16-19-22(25)26/h20-21H,2-19H2,1H3,(H,25,26)/t20-,21-/m0/s1. The highest BCUT2D eigenvalue weighted by atomic mass is 79.9. The highest BCUT2D eigenvalue weighted by Gasteiger charge is 2.14. The zero-order valence-electron chi connectivity index (χ0n) is 17.0. The van der Waals surface area contributed by atoms with E-state index in [9.17, 15) is 4.79 Å². The molecule has 0 rings (SSSR count). The van der Waals surface area contributed by atoms with E-state index in [4.69, 9.17) is 5.11 Å². The third-order valence-corrected chi connectivity index (χ3v) is 8.00. The highest BCUT2D eigenvalue weighted by molar-refractivity contribution is 9.12. The van der Waals surface area contributed by atoms with Crippen LogP contribution in [0.25, 0.3) is 0 Å². The molecular formula is C22H42Br2O2. The molecule has 26 heavy (non-hydrogen) atoms. The Hall–Kier alpha value is 0.430. The van der Waals surface area contributed by atoms with E-state index >= 15 is 0 Å². The van der Waals surface area contributed by atoms with Gasteiger partial charge in [-0.25, -0.2) is 0 Å². The zero-order chi connectivity index (χ0) is 19.5. The van der Waals surface area contributed by atoms with Gasteiger partial charge in [-0.05, 0) is 19.3 Å². The number of hydrogen-bond donors (Lipinski definition) is 1. The van der Waals surface area contributed by atoms with Gasteiger partial charge >= 0.3 is 5.97 Å². The van der Waals surface area contributed by atoms with E-state index in [1.54, 1.807) is 0 Å². The molecule has 0 radical (unpaired) electrons. The molecule has 0 aromatic rings. The first-order valence-electron chi connectivity index (χ1n) is 11.1. The molecule has 0 aromatic heterocycles. The van der Waals surface area contributed by atoms with Gasteiger partial charge in [-0.3, -0.25) is 4.79 Å². The second-order valence-corrected chi connectivity index (χ2v) is 10.1. The molecule has 2 nitrogen and oxygen atoms in total. The Kier molecular flexibility index (Phi) is 20.5. The van der Waals surface area contributed by atoms with Crippen LogP contribution in [-0.4, -0.2) is 20.7 Å². The van der Waals surface area contributed by atoms with Crippen LogP contribution in [0.3, 0.4) is 0 Å². The average molecular weight is 498 g/mol. The molecule has 0 spiro atoms. The Morgan fingerprint density at radius 1 is 0.654 bits per heavy atom. The normalized spacial score (nSPS) is 13.7. The first-order valence-corrected chi connectivity index (χ1v) is 12.9. The quantitative estimate of drug-likeness (QED) is 0.135. The van der Waals surface area contributed by atoms with Gasteiger partial charge in [-0.2, -0.15) is 0 Å². The molecule has 0 aliphatic heterocycles. The Morgan fingerprint density at radius 3 is 1.38 bits per heavy atom. The number of hydrogen-bond acceptors (Lipinski definition) is 1. The second-order valence-electron chi connectivity index (χ2n) is 7.70. The van der Waals surface area contributed by atoms with E-state index in [1.807, 2.05) is 0 Å². The van der Waals surface area contributed by atoms with E-state index in [0.717, 1.165) is 12.8 Å². The molecular weight excluding hydrogens is 456 g/mol. The average Bonchev–Trinajstić information content (AvgIpc) is 2.61. The Balaban J connectivity index is 3.31. The molecule has 0 aliphatic carbocycles. The monoisotopic (exact) mass is 496 g/mol. The third kappa shape index (κ3) is 19.2. The van der Waals surface area contributed by atoms with Crippen molar-refractivity contribution < 1.29 is 9.90 Å². The fourth-order valence-electron chi connectivity index (χ4n) is 3.33. The number of alkyl halides is 2. The number of halogens is 2. The first-order chi connectivity index (χ1) is 12.6. The maximum absolute atomic E-state index is 10.4. The van der Waals surface area contributed by atoms with Crippen molar-refractivity contribution in [2.45, 2.75) is 132 Å². The molecule has 2 atom stereocenters. The molecule has 0 saturated carbocycles. The lowest BCUT2D eigenvalue weighted by molar-refractivity contribution is -0.137. The molecule has 0 bridgehead atoms. The smallest absolute Gasteiger partial charge is 0.303 e. The lowest BCUT2D eigenvalue weighted by atomic mass is 10.0. The van der Waals surface area contributed by atoms with Crippen LogP contribution in [0, 0.1) is 0 Å². The lowest BCUT2D eigenvalue weighted by Gasteiger charge is -2.16. The topological polar surface area (TPSA) is 37.3 Å². The Labute approximate surface area is 179 Å². The van der Waals surface area contributed by atoms with E-state index in [0.29, 0.717) is 16.1 Å². The largest absolute Gasteiger partial charge is 0.481 e. The number of carboxylic acid groups (broad SMARTS) is 1. The molecule has 0 unspecified atom stereocenters. The van der Waals surface area contributed by atoms with E-state index in [1.165, 1.54) is 96.3 Å². The lowest BCUT2D eigenvalue weighted by Crippen LogP contribution is -2.13. The van der Waals surface area contributed by atoms with Gasteiger partial charge in [0.25, 0.3) is 0 Å². The van der Waals surface area contributed by atoms with Crippen molar-refractivity contribution in [2.24, 2.45) is 0 Å². The summed E-state index contributed by atoms with van der Waals surface area (Å²) in [4.78, 5) is 11.7. The van der Waals surface area contributed by atoms with Crippen molar-refractivity contribution in [1.82, 2.24) is 0 Å². The fourth-order valence-corrected chi connectivity index (χ4v) is 4.51. The van der Waals surface area contributed by atoms with E-state index in [-0.39, 0.29) is 0 Å². The van der Waals surface area contributed by atoms with Crippen molar-refractivity contribution in [1.29, 1.82) is 0 Å². The van der Waals surface area contributed by atoms with E-state index in [2.05, 4.69) is 38.8 Å². The minimum absolute atomic E-state index is 0.334. The minimum Gasteiger partial charge on any atom is -0.481 e. The SMILES string of the molecule is CCCCCCCC[C@H](Br)[C@@H](Br)CCCCCCCCCCCC(=O)O. The minimum atomic E-state index is -0.659. The summed E-state index contributed by atoms with van der Waals surface area (Å²) in [6.45, 7) is 2.27. The molecule has 0 aromatic carbocycles. The number of carboxylic acids is 1. The van der Waals surface area contributed by atoms with Crippen LogP contribution >= 0.6 is 31.9 Å². The van der Waals surface area contributed by atoms with Gasteiger partial charge in [0.15, 0.2) is 0 Å². The summed E-state index contributed by atoms with van der Waals surface area (Å²) in [5, 5.41) is 8.59. The Bertz CT molecular complexity index is 311. The van der Waals surface area contributed by atoms with Crippen LogP contribution in [0.1, 0.15) is 122 Å². The van der Waals surface area contributed by atoms with Crippen molar-refractivity contribution >= 4 is 37.8 Å². The molecule has 0 saturated heterocycles.